The Balaban J connectivity index is 1.85. The monoisotopic (exact) mass is 339 g/mol. The fourth-order valence-corrected chi connectivity index (χ4v) is 2.96. The maximum atomic E-state index is 4.27. The molecule has 1 aromatic heterocycles. The highest BCUT2D eigenvalue weighted by Crippen LogP contribution is 2.17. The molecule has 0 amide bonds. The van der Waals surface area contributed by atoms with E-state index in [9.17, 15) is 0 Å². The van der Waals surface area contributed by atoms with E-state index < -0.39 is 0 Å². The molecule has 0 unspecified atom stereocenters. The van der Waals surface area contributed by atoms with E-state index in [-0.39, 0.29) is 0 Å². The average molecular weight is 340 g/mol. The topological polar surface area (TPSA) is 37.8 Å². The molecule has 0 bridgehead atoms. The lowest BCUT2D eigenvalue weighted by molar-refractivity contribution is 0.669. The molecule has 2 rings (SSSR count). The van der Waals surface area contributed by atoms with Gasteiger partial charge in [-0.3, -0.25) is 0 Å². The van der Waals surface area contributed by atoms with Gasteiger partial charge in [0.2, 0.25) is 0 Å². The third-order valence-electron chi connectivity index (χ3n) is 2.77. The second-order valence-corrected chi connectivity index (χ2v) is 6.41. The first-order chi connectivity index (χ1) is 9.28. The molecular formula is C14H18BrN3S. The molecule has 0 saturated heterocycles. The van der Waals surface area contributed by atoms with Crippen LogP contribution in [0.1, 0.15) is 28.9 Å². The number of hydrogen-bond donors (Lipinski definition) is 1. The lowest BCUT2D eigenvalue weighted by atomic mass is 10.2. The second kappa shape index (κ2) is 7.72. The highest BCUT2D eigenvalue weighted by Gasteiger charge is 2.05. The number of halogens is 1. The summed E-state index contributed by atoms with van der Waals surface area (Å²) in [4.78, 5) is 0. The van der Waals surface area contributed by atoms with Crippen LogP contribution in [0, 0.1) is 0 Å². The molecule has 5 heteroatoms. The molecule has 1 heterocycles. The first-order valence-electron chi connectivity index (χ1n) is 6.54. The van der Waals surface area contributed by atoms with Crippen LogP contribution >= 0.6 is 27.3 Å². The van der Waals surface area contributed by atoms with E-state index in [2.05, 4.69) is 62.6 Å². The molecule has 2 aromatic rings. The number of hydrogen-bond acceptors (Lipinski definition) is 4. The minimum absolute atomic E-state index is 0.873. The molecule has 3 nitrogen and oxygen atoms in total. The van der Waals surface area contributed by atoms with E-state index in [1.807, 2.05) is 0 Å². The summed E-state index contributed by atoms with van der Waals surface area (Å²) in [5.74, 6) is 0. The summed E-state index contributed by atoms with van der Waals surface area (Å²) < 4.78 is 1.11. The number of aryl methyl sites for hydroxylation is 1. The Hall–Kier alpha value is -0.780. The average Bonchev–Trinajstić information content (AvgIpc) is 2.85. The van der Waals surface area contributed by atoms with E-state index >= 15 is 0 Å². The van der Waals surface area contributed by atoms with Gasteiger partial charge in [-0.2, -0.15) is 0 Å². The van der Waals surface area contributed by atoms with E-state index in [0.29, 0.717) is 0 Å². The van der Waals surface area contributed by atoms with E-state index in [1.54, 1.807) is 11.3 Å². The summed E-state index contributed by atoms with van der Waals surface area (Å²) in [6.45, 7) is 4.21. The van der Waals surface area contributed by atoms with Gasteiger partial charge in [-0.15, -0.1) is 21.5 Å². The van der Waals surface area contributed by atoms with Crippen molar-refractivity contribution in [1.29, 1.82) is 0 Å². The van der Waals surface area contributed by atoms with Gasteiger partial charge in [-0.25, -0.2) is 0 Å². The summed E-state index contributed by atoms with van der Waals surface area (Å²) in [5.41, 5.74) is 1.28. The van der Waals surface area contributed by atoms with Crippen LogP contribution in [0.4, 0.5) is 0 Å². The molecule has 0 aliphatic carbocycles. The zero-order chi connectivity index (χ0) is 13.5. The lowest BCUT2D eigenvalue weighted by Gasteiger charge is -1.98. The highest BCUT2D eigenvalue weighted by atomic mass is 79.9. The molecule has 102 valence electrons. The van der Waals surface area contributed by atoms with Gasteiger partial charge in [0.15, 0.2) is 0 Å². The Labute approximate surface area is 126 Å². The summed E-state index contributed by atoms with van der Waals surface area (Å²) in [7, 11) is 0. The van der Waals surface area contributed by atoms with Crippen molar-refractivity contribution >= 4 is 27.3 Å². The van der Waals surface area contributed by atoms with Crippen LogP contribution in [0.2, 0.25) is 0 Å². The maximum Gasteiger partial charge on any atom is 0.121 e. The van der Waals surface area contributed by atoms with Crippen molar-refractivity contribution in [2.75, 3.05) is 13.1 Å². The first-order valence-corrected chi connectivity index (χ1v) is 8.15. The Morgan fingerprint density at radius 2 is 1.89 bits per heavy atom. The zero-order valence-electron chi connectivity index (χ0n) is 11.0. The summed E-state index contributed by atoms with van der Waals surface area (Å²) >= 11 is 5.17. The predicted octanol–water partition coefficient (Wildman–Crippen LogP) is 3.43. The van der Waals surface area contributed by atoms with Crippen LogP contribution in [0.5, 0.6) is 0 Å². The Bertz CT molecular complexity index is 496. The Morgan fingerprint density at radius 1 is 1.16 bits per heavy atom. The van der Waals surface area contributed by atoms with Crippen molar-refractivity contribution in [3.05, 3.63) is 44.3 Å². The highest BCUT2D eigenvalue weighted by molar-refractivity contribution is 9.10. The molecule has 0 spiro atoms. The minimum Gasteiger partial charge on any atom is -0.317 e. The SMILES string of the molecule is CCNCCCc1nnc(Cc2ccc(Br)cc2)s1. The molecule has 0 aliphatic heterocycles. The van der Waals surface area contributed by atoms with Crippen LogP contribution in [0.15, 0.2) is 28.7 Å². The van der Waals surface area contributed by atoms with Crippen LogP contribution < -0.4 is 5.32 Å². The number of rotatable bonds is 7. The van der Waals surface area contributed by atoms with Crippen molar-refractivity contribution in [2.24, 2.45) is 0 Å². The predicted molar refractivity (Wildman–Crippen MR) is 83.7 cm³/mol. The van der Waals surface area contributed by atoms with Crippen molar-refractivity contribution in [3.63, 3.8) is 0 Å². The van der Waals surface area contributed by atoms with Crippen LogP contribution in [0.3, 0.4) is 0 Å². The van der Waals surface area contributed by atoms with Crippen molar-refractivity contribution < 1.29 is 0 Å². The smallest absolute Gasteiger partial charge is 0.121 e. The molecule has 0 radical (unpaired) electrons. The van der Waals surface area contributed by atoms with Crippen molar-refractivity contribution in [1.82, 2.24) is 15.5 Å². The fraction of sp³-hybridized carbons (Fsp3) is 0.429. The summed E-state index contributed by atoms with van der Waals surface area (Å²) in [6, 6.07) is 8.37. The zero-order valence-corrected chi connectivity index (χ0v) is 13.4. The summed E-state index contributed by atoms with van der Waals surface area (Å²) in [6.07, 6.45) is 3.02. The van der Waals surface area contributed by atoms with E-state index in [4.69, 9.17) is 0 Å². The quantitative estimate of drug-likeness (QED) is 0.785. The maximum absolute atomic E-state index is 4.27. The number of benzene rings is 1. The standard InChI is InChI=1S/C14H18BrN3S/c1-2-16-9-3-4-13-17-18-14(19-13)10-11-5-7-12(15)8-6-11/h5-8,16H,2-4,9-10H2,1H3. The third-order valence-corrected chi connectivity index (χ3v) is 4.28. The van der Waals surface area contributed by atoms with Gasteiger partial charge >= 0.3 is 0 Å². The van der Waals surface area contributed by atoms with Gasteiger partial charge in [0.05, 0.1) is 0 Å². The van der Waals surface area contributed by atoms with Crippen molar-refractivity contribution in [2.45, 2.75) is 26.2 Å². The van der Waals surface area contributed by atoms with Crippen LogP contribution in [0.25, 0.3) is 0 Å². The van der Waals surface area contributed by atoms with Gasteiger partial charge in [0, 0.05) is 17.3 Å². The lowest BCUT2D eigenvalue weighted by Crippen LogP contribution is -2.14. The van der Waals surface area contributed by atoms with E-state index in [1.165, 1.54) is 5.56 Å². The van der Waals surface area contributed by atoms with Crippen LogP contribution in [-0.2, 0) is 12.8 Å². The molecule has 1 N–H and O–H groups in total. The first kappa shape index (κ1) is 14.6. The number of nitrogens with zero attached hydrogens (tertiary/aromatic N) is 2. The molecule has 0 saturated carbocycles. The normalized spacial score (nSPS) is 10.8. The molecule has 1 aromatic carbocycles. The molecule has 0 fully saturated rings. The van der Waals surface area contributed by atoms with Crippen molar-refractivity contribution in [3.8, 4) is 0 Å². The van der Waals surface area contributed by atoms with Gasteiger partial charge in [-0.05, 0) is 37.2 Å². The third kappa shape index (κ3) is 5.01. The minimum atomic E-state index is 0.873. The molecule has 0 aliphatic rings. The second-order valence-electron chi connectivity index (χ2n) is 4.35. The molecular weight excluding hydrogens is 322 g/mol. The number of nitrogens with one attached hydrogen (secondary N) is 1. The largest absolute Gasteiger partial charge is 0.317 e. The van der Waals surface area contributed by atoms with Gasteiger partial charge < -0.3 is 5.32 Å². The Kier molecular flexibility index (Phi) is 5.94. The van der Waals surface area contributed by atoms with Gasteiger partial charge in [0.25, 0.3) is 0 Å². The Morgan fingerprint density at radius 3 is 2.63 bits per heavy atom. The van der Waals surface area contributed by atoms with E-state index in [0.717, 1.165) is 46.8 Å². The van der Waals surface area contributed by atoms with Crippen LogP contribution in [-0.4, -0.2) is 23.3 Å². The molecule has 0 atom stereocenters. The van der Waals surface area contributed by atoms with Gasteiger partial charge in [-0.1, -0.05) is 35.0 Å². The molecule has 19 heavy (non-hydrogen) atoms. The summed E-state index contributed by atoms with van der Waals surface area (Å²) in [5, 5.41) is 14.1. The number of aromatic nitrogens is 2. The fourth-order valence-electron chi connectivity index (χ4n) is 1.78. The van der Waals surface area contributed by atoms with Gasteiger partial charge in [0.1, 0.15) is 10.0 Å².